The molecule has 0 bridgehead atoms. The van der Waals surface area contributed by atoms with Crippen molar-refractivity contribution in [1.82, 2.24) is 0 Å². The molecule has 0 spiro atoms. The molecular weight excluding hydrogens is 643 g/mol. The minimum atomic E-state index is -6.83. The quantitative estimate of drug-likeness (QED) is 0.256. The number of halogens is 11. The Bertz CT molecular complexity index is 976. The van der Waals surface area contributed by atoms with Crippen LogP contribution in [0.5, 0.6) is 0 Å². The molecule has 0 amide bonds. The van der Waals surface area contributed by atoms with Crippen LogP contribution in [0.2, 0.25) is 0 Å². The summed E-state index contributed by atoms with van der Waals surface area (Å²) in [6.45, 7) is 0. The maximum absolute atomic E-state index is 15.1. The first kappa shape index (κ1) is 24.0. The molecule has 0 saturated carbocycles. The second kappa shape index (κ2) is 7.78. The molecule has 0 aliphatic rings. The lowest BCUT2D eigenvalue weighted by molar-refractivity contribution is -0.389. The fourth-order valence-corrected chi connectivity index (χ4v) is 4.50. The van der Waals surface area contributed by atoms with Crippen LogP contribution in [0.15, 0.2) is 30.3 Å². The van der Waals surface area contributed by atoms with Crippen molar-refractivity contribution in [2.24, 2.45) is 0 Å². The monoisotopic (exact) mass is 648 g/mol. The lowest BCUT2D eigenvalue weighted by atomic mass is 9.82. The van der Waals surface area contributed by atoms with Crippen molar-refractivity contribution in [3.05, 3.63) is 54.7 Å². The Kier molecular flexibility index (Phi) is 6.45. The molecule has 0 aromatic heterocycles. The molecule has 0 aliphatic heterocycles. The van der Waals surface area contributed by atoms with Crippen LogP contribution in [-0.2, 0) is 5.67 Å². The third kappa shape index (κ3) is 4.04. The summed E-state index contributed by atoms with van der Waals surface area (Å²) in [5, 5.41) is 8.93. The average molecular weight is 648 g/mol. The highest BCUT2D eigenvalue weighted by molar-refractivity contribution is 14.1. The van der Waals surface area contributed by atoms with Gasteiger partial charge in [0.15, 0.2) is 0 Å². The summed E-state index contributed by atoms with van der Waals surface area (Å²) in [5.74, 6) is -6.80. The maximum Gasteiger partial charge on any atom is 0.457 e. The van der Waals surface area contributed by atoms with Crippen molar-refractivity contribution in [1.29, 1.82) is 5.26 Å². The summed E-state index contributed by atoms with van der Waals surface area (Å²) < 4.78 is 121. The topological polar surface area (TPSA) is 23.8 Å². The van der Waals surface area contributed by atoms with Crippen molar-refractivity contribution >= 4 is 45.2 Å². The SMILES string of the molecule is N#Cc1cccc(-c2c(I)[c]c(I)cc2C(F)(C(F)(F)F)C(F)(F)C(F)(F)F)c1. The maximum atomic E-state index is 15.1. The van der Waals surface area contributed by atoms with Crippen molar-refractivity contribution < 1.29 is 39.5 Å². The molecule has 0 aliphatic carbocycles. The van der Waals surface area contributed by atoms with Crippen molar-refractivity contribution in [2.45, 2.75) is 23.9 Å². The Morgan fingerprint density at radius 2 is 1.45 bits per heavy atom. The first-order valence-electron chi connectivity index (χ1n) is 7.20. The molecule has 155 valence electrons. The normalized spacial score (nSPS) is 15.0. The van der Waals surface area contributed by atoms with Gasteiger partial charge in [-0.15, -0.1) is 0 Å². The van der Waals surface area contributed by atoms with Gasteiger partial charge in [-0.05, 0) is 68.9 Å². The minimum Gasteiger partial charge on any atom is -0.221 e. The lowest BCUT2D eigenvalue weighted by Gasteiger charge is -2.37. The van der Waals surface area contributed by atoms with Gasteiger partial charge in [-0.1, -0.05) is 12.1 Å². The highest BCUT2D eigenvalue weighted by Crippen LogP contribution is 2.60. The van der Waals surface area contributed by atoms with E-state index in [0.717, 1.165) is 12.1 Å². The van der Waals surface area contributed by atoms with Gasteiger partial charge in [-0.2, -0.15) is 40.4 Å². The minimum absolute atomic E-state index is 0.123. The predicted octanol–water partition coefficient (Wildman–Crippen LogP) is 7.16. The lowest BCUT2D eigenvalue weighted by Crippen LogP contribution is -2.60. The van der Waals surface area contributed by atoms with Crippen molar-refractivity contribution in [3.63, 3.8) is 0 Å². The van der Waals surface area contributed by atoms with Crippen LogP contribution >= 0.6 is 45.2 Å². The van der Waals surface area contributed by atoms with Gasteiger partial charge in [-0.25, -0.2) is 4.39 Å². The summed E-state index contributed by atoms with van der Waals surface area (Å²) in [7, 11) is 0. The van der Waals surface area contributed by atoms with E-state index in [-0.39, 0.29) is 24.3 Å². The van der Waals surface area contributed by atoms with Gasteiger partial charge in [0.25, 0.3) is 0 Å². The molecular formula is C17H5F9I2N. The molecule has 0 saturated heterocycles. The fourth-order valence-electron chi connectivity index (χ4n) is 2.51. The van der Waals surface area contributed by atoms with Gasteiger partial charge in [-0.3, -0.25) is 0 Å². The Hall–Kier alpha value is -1.24. The second-order valence-electron chi connectivity index (χ2n) is 5.64. The predicted molar refractivity (Wildman–Crippen MR) is 101 cm³/mol. The van der Waals surface area contributed by atoms with Gasteiger partial charge < -0.3 is 0 Å². The van der Waals surface area contributed by atoms with E-state index in [2.05, 4.69) is 6.07 Å². The Morgan fingerprint density at radius 1 is 0.862 bits per heavy atom. The fraction of sp³-hybridized carbons (Fsp3) is 0.235. The molecule has 1 radical (unpaired) electrons. The number of nitrogens with zero attached hydrogens (tertiary/aromatic N) is 1. The van der Waals surface area contributed by atoms with Gasteiger partial charge in [0.1, 0.15) is 0 Å². The van der Waals surface area contributed by atoms with E-state index in [0.29, 0.717) is 0 Å². The van der Waals surface area contributed by atoms with Gasteiger partial charge in [0.2, 0.25) is 0 Å². The van der Waals surface area contributed by atoms with Crippen LogP contribution in [0.4, 0.5) is 39.5 Å². The van der Waals surface area contributed by atoms with E-state index in [1.807, 2.05) is 0 Å². The molecule has 1 nitrogen and oxygen atoms in total. The van der Waals surface area contributed by atoms with Crippen molar-refractivity contribution in [2.75, 3.05) is 0 Å². The zero-order valence-electron chi connectivity index (χ0n) is 13.5. The van der Waals surface area contributed by atoms with E-state index >= 15 is 4.39 Å². The van der Waals surface area contributed by atoms with Crippen LogP contribution in [0.3, 0.4) is 0 Å². The van der Waals surface area contributed by atoms with E-state index in [9.17, 15) is 35.1 Å². The summed E-state index contributed by atoms with van der Waals surface area (Å²) in [4.78, 5) is 0. The molecule has 2 aromatic carbocycles. The van der Waals surface area contributed by atoms with Gasteiger partial charge in [0.05, 0.1) is 11.6 Å². The number of hydrogen-bond donors (Lipinski definition) is 0. The molecule has 29 heavy (non-hydrogen) atoms. The van der Waals surface area contributed by atoms with E-state index in [4.69, 9.17) is 5.26 Å². The van der Waals surface area contributed by atoms with Crippen LogP contribution in [-0.4, -0.2) is 18.3 Å². The number of hydrogen-bond acceptors (Lipinski definition) is 1. The molecule has 2 rings (SSSR count). The van der Waals surface area contributed by atoms with Crippen LogP contribution in [0.25, 0.3) is 11.1 Å². The van der Waals surface area contributed by atoms with E-state index in [1.165, 1.54) is 57.3 Å². The third-order valence-electron chi connectivity index (χ3n) is 3.82. The number of alkyl halides is 9. The Balaban J connectivity index is 3.02. The number of nitriles is 1. The first-order chi connectivity index (χ1) is 13.1. The first-order valence-corrected chi connectivity index (χ1v) is 9.36. The highest BCUT2D eigenvalue weighted by atomic mass is 127. The number of rotatable bonds is 3. The Labute approximate surface area is 185 Å². The summed E-state index contributed by atoms with van der Waals surface area (Å²) in [6.07, 6.45) is -13.5. The largest absolute Gasteiger partial charge is 0.457 e. The molecule has 2 aromatic rings. The molecule has 0 heterocycles. The molecule has 0 fully saturated rings. The van der Waals surface area contributed by atoms with Crippen LogP contribution in [0, 0.1) is 24.5 Å². The average Bonchev–Trinajstić information content (AvgIpc) is 2.58. The summed E-state index contributed by atoms with van der Waals surface area (Å²) in [5.41, 5.74) is -9.35. The molecule has 1 unspecified atom stereocenters. The van der Waals surface area contributed by atoms with Gasteiger partial charge >= 0.3 is 23.9 Å². The highest BCUT2D eigenvalue weighted by Gasteiger charge is 2.82. The number of benzene rings is 2. The zero-order valence-corrected chi connectivity index (χ0v) is 17.8. The van der Waals surface area contributed by atoms with Crippen molar-refractivity contribution in [3.8, 4) is 17.2 Å². The molecule has 12 heteroatoms. The van der Waals surface area contributed by atoms with E-state index in [1.54, 1.807) is 6.07 Å². The summed E-state index contributed by atoms with van der Waals surface area (Å²) in [6, 6.07) is 8.75. The third-order valence-corrected chi connectivity index (χ3v) is 5.21. The smallest absolute Gasteiger partial charge is 0.221 e. The zero-order chi connectivity index (χ0) is 22.4. The van der Waals surface area contributed by atoms with E-state index < -0.39 is 35.1 Å². The van der Waals surface area contributed by atoms with Gasteiger partial charge in [0, 0.05) is 24.3 Å². The summed E-state index contributed by atoms with van der Waals surface area (Å²) >= 11 is 2.68. The van der Waals surface area contributed by atoms with Crippen LogP contribution in [0.1, 0.15) is 11.1 Å². The Morgan fingerprint density at radius 3 is 1.93 bits per heavy atom. The van der Waals surface area contributed by atoms with Crippen LogP contribution < -0.4 is 0 Å². The molecule has 1 atom stereocenters. The standard InChI is InChI=1S/C17H5F9I2N/c18-14(16(21,22)23,15(19,20)17(24,25)26)11-5-10(27)6-12(28)13(11)9-3-1-2-8(4-9)7-29/h1-5H. The second-order valence-corrected chi connectivity index (χ2v) is 7.88. The molecule has 0 N–H and O–H groups in total.